The lowest BCUT2D eigenvalue weighted by molar-refractivity contribution is -0.134. The first-order valence-electron chi connectivity index (χ1n) is 9.27. The zero-order valence-corrected chi connectivity index (χ0v) is 16.6. The summed E-state index contributed by atoms with van der Waals surface area (Å²) in [6.45, 7) is 1.41. The van der Waals surface area contributed by atoms with Crippen LogP contribution in [0, 0.1) is 5.82 Å². The van der Waals surface area contributed by atoms with E-state index in [0.717, 1.165) is 4.90 Å². The number of carbonyl (C=O) groups is 3. The van der Waals surface area contributed by atoms with Crippen molar-refractivity contribution in [3.63, 3.8) is 0 Å². The molecule has 30 heavy (non-hydrogen) atoms. The number of ether oxygens (including phenoxy) is 2. The van der Waals surface area contributed by atoms with Crippen LogP contribution < -0.4 is 20.1 Å². The predicted molar refractivity (Wildman–Crippen MR) is 105 cm³/mol. The minimum Gasteiger partial charge on any atom is -0.497 e. The number of hydrogen-bond acceptors (Lipinski definition) is 5. The van der Waals surface area contributed by atoms with Gasteiger partial charge in [0, 0.05) is 6.07 Å². The van der Waals surface area contributed by atoms with E-state index in [2.05, 4.69) is 10.6 Å². The number of benzene rings is 2. The van der Waals surface area contributed by atoms with Crippen molar-refractivity contribution >= 4 is 17.8 Å². The molecule has 8 nitrogen and oxygen atoms in total. The molecule has 2 N–H and O–H groups in total. The number of rotatable bonds is 8. The average molecular weight is 415 g/mol. The highest BCUT2D eigenvalue weighted by Crippen LogP contribution is 2.29. The fourth-order valence-electron chi connectivity index (χ4n) is 3.08. The lowest BCUT2D eigenvalue weighted by Gasteiger charge is -2.22. The molecule has 1 saturated heterocycles. The molecule has 3 rings (SSSR count). The number of nitrogens with one attached hydrogen (secondary N) is 2. The Hall–Kier alpha value is -3.62. The first kappa shape index (κ1) is 21.1. The number of imide groups is 1. The molecule has 1 aliphatic heterocycles. The number of carbonyl (C=O) groups excluding carboxylic acids is 3. The summed E-state index contributed by atoms with van der Waals surface area (Å²) in [4.78, 5) is 38.2. The second-order valence-electron chi connectivity index (χ2n) is 6.83. The molecule has 158 valence electrons. The molecule has 1 unspecified atom stereocenters. The van der Waals surface area contributed by atoms with E-state index in [0.29, 0.717) is 17.1 Å². The molecule has 1 atom stereocenters. The van der Waals surface area contributed by atoms with Gasteiger partial charge in [0.1, 0.15) is 36.0 Å². The molecule has 0 aromatic heterocycles. The summed E-state index contributed by atoms with van der Waals surface area (Å²) < 4.78 is 23.5. The molecular weight excluding hydrogens is 393 g/mol. The van der Waals surface area contributed by atoms with Crippen LogP contribution >= 0.6 is 0 Å². The molecule has 1 aliphatic rings. The third kappa shape index (κ3) is 4.51. The van der Waals surface area contributed by atoms with Gasteiger partial charge in [-0.15, -0.1) is 0 Å². The van der Waals surface area contributed by atoms with Gasteiger partial charge in [-0.2, -0.15) is 0 Å². The van der Waals surface area contributed by atoms with Gasteiger partial charge >= 0.3 is 6.03 Å². The van der Waals surface area contributed by atoms with Crippen LogP contribution in [0.5, 0.6) is 11.5 Å². The van der Waals surface area contributed by atoms with Gasteiger partial charge in [-0.05, 0) is 36.8 Å². The highest BCUT2D eigenvalue weighted by atomic mass is 19.1. The third-order valence-corrected chi connectivity index (χ3v) is 4.73. The van der Waals surface area contributed by atoms with Gasteiger partial charge in [-0.1, -0.05) is 18.2 Å². The molecule has 4 amide bonds. The number of hydrogen-bond donors (Lipinski definition) is 2. The molecule has 1 fully saturated rings. The van der Waals surface area contributed by atoms with Crippen molar-refractivity contribution in [2.75, 3.05) is 26.8 Å². The van der Waals surface area contributed by atoms with Gasteiger partial charge in [0.15, 0.2) is 0 Å². The summed E-state index contributed by atoms with van der Waals surface area (Å²) in [6.07, 6.45) is 0. The van der Waals surface area contributed by atoms with Crippen LogP contribution in [0.4, 0.5) is 9.18 Å². The fraction of sp³-hybridized carbons (Fsp3) is 0.286. The van der Waals surface area contributed by atoms with Crippen LogP contribution in [0.2, 0.25) is 0 Å². The minimum atomic E-state index is -1.27. The zero-order valence-electron chi connectivity index (χ0n) is 16.6. The Morgan fingerprint density at radius 3 is 2.57 bits per heavy atom. The quantitative estimate of drug-likeness (QED) is 0.506. The molecule has 0 bridgehead atoms. The highest BCUT2D eigenvalue weighted by molar-refractivity contribution is 6.09. The van der Waals surface area contributed by atoms with Crippen LogP contribution in [0.15, 0.2) is 48.5 Å². The number of amides is 4. The van der Waals surface area contributed by atoms with Crippen LogP contribution in [0.3, 0.4) is 0 Å². The summed E-state index contributed by atoms with van der Waals surface area (Å²) in [5, 5.41) is 5.21. The topological polar surface area (TPSA) is 97.0 Å². The first-order valence-corrected chi connectivity index (χ1v) is 9.27. The maximum Gasteiger partial charge on any atom is 0.325 e. The zero-order chi connectivity index (χ0) is 21.7. The van der Waals surface area contributed by atoms with Crippen molar-refractivity contribution in [2.24, 2.45) is 0 Å². The summed E-state index contributed by atoms with van der Waals surface area (Å²) in [7, 11) is 1.53. The van der Waals surface area contributed by atoms with Crippen molar-refractivity contribution in [2.45, 2.75) is 12.5 Å². The Balaban J connectivity index is 1.53. The predicted octanol–water partition coefficient (Wildman–Crippen LogP) is 1.80. The van der Waals surface area contributed by atoms with Gasteiger partial charge < -0.3 is 20.1 Å². The number of halogens is 1. The number of methoxy groups -OCH3 is 1. The van der Waals surface area contributed by atoms with Gasteiger partial charge in [-0.25, -0.2) is 9.18 Å². The van der Waals surface area contributed by atoms with E-state index in [1.807, 2.05) is 0 Å². The van der Waals surface area contributed by atoms with Crippen LogP contribution in [-0.2, 0) is 15.1 Å². The monoisotopic (exact) mass is 415 g/mol. The van der Waals surface area contributed by atoms with Gasteiger partial charge in [-0.3, -0.25) is 14.5 Å². The molecule has 2 aromatic rings. The lowest BCUT2D eigenvalue weighted by atomic mass is 9.92. The summed E-state index contributed by atoms with van der Waals surface area (Å²) in [5.74, 6) is -0.497. The molecular formula is C21H22FN3O5. The summed E-state index contributed by atoms with van der Waals surface area (Å²) >= 11 is 0. The molecule has 1 heterocycles. The summed E-state index contributed by atoms with van der Waals surface area (Å²) in [5.41, 5.74) is -0.697. The van der Waals surface area contributed by atoms with Crippen LogP contribution in [0.1, 0.15) is 12.5 Å². The molecule has 0 aliphatic carbocycles. The van der Waals surface area contributed by atoms with Crippen molar-refractivity contribution in [1.29, 1.82) is 0 Å². The third-order valence-electron chi connectivity index (χ3n) is 4.73. The van der Waals surface area contributed by atoms with Crippen molar-refractivity contribution in [1.82, 2.24) is 15.5 Å². The standard InChI is InChI=1S/C21H22FN3O5/c1-21(14-6-8-16(29-2)9-7-14)19(27)25(20(28)24-21)13-18(26)23-10-11-30-17-5-3-4-15(22)12-17/h3-9,12H,10-11,13H2,1-2H3,(H,23,26)(H,24,28). The molecule has 0 spiro atoms. The van der Waals surface area contributed by atoms with Gasteiger partial charge in [0.05, 0.1) is 13.7 Å². The Kier molecular flexibility index (Phi) is 6.20. The lowest BCUT2D eigenvalue weighted by Crippen LogP contribution is -2.43. The Morgan fingerprint density at radius 1 is 1.17 bits per heavy atom. The minimum absolute atomic E-state index is 0.110. The van der Waals surface area contributed by atoms with E-state index in [1.54, 1.807) is 37.3 Å². The van der Waals surface area contributed by atoms with Crippen LogP contribution in [-0.4, -0.2) is 49.6 Å². The largest absolute Gasteiger partial charge is 0.497 e. The Morgan fingerprint density at radius 2 is 1.90 bits per heavy atom. The Labute approximate surface area is 173 Å². The van der Waals surface area contributed by atoms with E-state index in [-0.39, 0.29) is 13.2 Å². The van der Waals surface area contributed by atoms with E-state index >= 15 is 0 Å². The van der Waals surface area contributed by atoms with Crippen LogP contribution in [0.25, 0.3) is 0 Å². The van der Waals surface area contributed by atoms with Crippen molar-refractivity contribution in [3.8, 4) is 11.5 Å². The highest BCUT2D eigenvalue weighted by Gasteiger charge is 2.49. The van der Waals surface area contributed by atoms with E-state index in [9.17, 15) is 18.8 Å². The molecule has 0 radical (unpaired) electrons. The summed E-state index contributed by atoms with van der Waals surface area (Å²) in [6, 6.07) is 11.7. The van der Waals surface area contributed by atoms with Crippen molar-refractivity contribution in [3.05, 3.63) is 59.9 Å². The smallest absolute Gasteiger partial charge is 0.325 e. The maximum atomic E-state index is 13.1. The van der Waals surface area contributed by atoms with E-state index < -0.39 is 35.7 Å². The SMILES string of the molecule is COc1ccc(C2(C)NC(=O)N(CC(=O)NCCOc3cccc(F)c3)C2=O)cc1. The second kappa shape index (κ2) is 8.81. The molecule has 2 aromatic carbocycles. The fourth-order valence-corrected chi connectivity index (χ4v) is 3.08. The van der Waals surface area contributed by atoms with E-state index in [4.69, 9.17) is 9.47 Å². The second-order valence-corrected chi connectivity index (χ2v) is 6.83. The average Bonchev–Trinajstić information content (AvgIpc) is 2.95. The molecule has 9 heteroatoms. The first-order chi connectivity index (χ1) is 14.3. The van der Waals surface area contributed by atoms with Crippen molar-refractivity contribution < 1.29 is 28.2 Å². The molecule has 0 saturated carbocycles. The maximum absolute atomic E-state index is 13.1. The van der Waals surface area contributed by atoms with E-state index in [1.165, 1.54) is 25.3 Å². The number of urea groups is 1. The number of nitrogens with zero attached hydrogens (tertiary/aromatic N) is 1. The van der Waals surface area contributed by atoms with Gasteiger partial charge in [0.2, 0.25) is 5.91 Å². The Bertz CT molecular complexity index is 950. The normalized spacial score (nSPS) is 18.2. The van der Waals surface area contributed by atoms with Gasteiger partial charge in [0.25, 0.3) is 5.91 Å².